The summed E-state index contributed by atoms with van der Waals surface area (Å²) < 4.78 is 7.79. The fraction of sp³-hybridized carbons (Fsp3) is 0.214. The average molecular weight is 784 g/mol. The van der Waals surface area contributed by atoms with Crippen LogP contribution < -0.4 is 9.64 Å². The van der Waals surface area contributed by atoms with E-state index in [4.69, 9.17) is 4.74 Å². The number of nitrogens with zero attached hydrogens (tertiary/aromatic N) is 2. The zero-order chi connectivity index (χ0) is 28.2. The highest BCUT2D eigenvalue weighted by atomic mass is 79.9. The van der Waals surface area contributed by atoms with Gasteiger partial charge >= 0.3 is 5.97 Å². The van der Waals surface area contributed by atoms with E-state index in [0.717, 1.165) is 10.5 Å². The van der Waals surface area contributed by atoms with E-state index < -0.39 is 23.7 Å². The van der Waals surface area contributed by atoms with Gasteiger partial charge in [-0.2, -0.15) is 0 Å². The molecule has 0 aromatic heterocycles. The Morgan fingerprint density at radius 2 is 1.49 bits per heavy atom. The van der Waals surface area contributed by atoms with Crippen LogP contribution in [-0.4, -0.2) is 35.1 Å². The number of benzene rings is 3. The number of halogens is 4. The zero-order valence-electron chi connectivity index (χ0n) is 20.6. The van der Waals surface area contributed by atoms with E-state index in [-0.39, 0.29) is 41.8 Å². The molecule has 0 unspecified atom stereocenters. The highest BCUT2D eigenvalue weighted by Crippen LogP contribution is 2.46. The highest BCUT2D eigenvalue weighted by molar-refractivity contribution is 9.15. The number of hydrogen-bond donors (Lipinski definition) is 0. The third-order valence-electron chi connectivity index (χ3n) is 6.97. The summed E-state index contributed by atoms with van der Waals surface area (Å²) in [7, 11) is 0. The van der Waals surface area contributed by atoms with Crippen LogP contribution in [0.4, 0.5) is 5.69 Å². The first kappa shape index (κ1) is 28.2. The predicted molar refractivity (Wildman–Crippen MR) is 160 cm³/mol. The summed E-state index contributed by atoms with van der Waals surface area (Å²) in [6.07, 6.45) is 0.0803. The minimum absolute atomic E-state index is 0.0803. The highest BCUT2D eigenvalue weighted by Gasteiger charge is 2.42. The summed E-state index contributed by atoms with van der Waals surface area (Å²) >= 11 is 13.7. The van der Waals surface area contributed by atoms with Gasteiger partial charge in [0.15, 0.2) is 0 Å². The van der Waals surface area contributed by atoms with Gasteiger partial charge in [-0.1, -0.05) is 30.3 Å². The first-order valence-corrected chi connectivity index (χ1v) is 15.1. The molecule has 0 bridgehead atoms. The second-order valence-electron chi connectivity index (χ2n) is 9.35. The van der Waals surface area contributed by atoms with E-state index in [1.165, 1.54) is 0 Å². The number of amides is 3. The molecule has 3 aromatic carbocycles. The van der Waals surface area contributed by atoms with Crippen molar-refractivity contribution >= 4 is 93.1 Å². The van der Waals surface area contributed by atoms with Gasteiger partial charge in [-0.3, -0.25) is 19.2 Å². The topological polar surface area (TPSA) is 84.0 Å². The van der Waals surface area contributed by atoms with Gasteiger partial charge in [0.05, 0.1) is 28.8 Å². The molecular formula is C28H20Br4N2O5. The lowest BCUT2D eigenvalue weighted by molar-refractivity contribution is -0.139. The minimum Gasteiger partial charge on any atom is -0.426 e. The van der Waals surface area contributed by atoms with Crippen LogP contribution in [0.3, 0.4) is 0 Å². The van der Waals surface area contributed by atoms with Crippen molar-refractivity contribution in [2.24, 2.45) is 5.92 Å². The quantitative estimate of drug-likeness (QED) is 0.0889. The number of carbonyl (C=O) groups excluding carboxylic acids is 4. The van der Waals surface area contributed by atoms with E-state index in [1.807, 2.05) is 37.3 Å². The Morgan fingerprint density at radius 3 is 2.05 bits per heavy atom. The number of likely N-dealkylation sites (tertiary alicyclic amines) is 1. The normalized spacial score (nSPS) is 17.6. The van der Waals surface area contributed by atoms with Gasteiger partial charge in [-0.05, 0) is 107 Å². The SMILES string of the molecule is Cc1cc(OC(=O)[C@@H]2CC(=O)N([C@H](C)c3ccccc3)C2)ccc1N1C(=O)c2c(Br)c(Br)c(Br)c(Br)c2C1=O. The zero-order valence-corrected chi connectivity index (χ0v) is 27.0. The molecule has 2 atom stereocenters. The summed E-state index contributed by atoms with van der Waals surface area (Å²) in [5.41, 5.74) is 2.44. The summed E-state index contributed by atoms with van der Waals surface area (Å²) in [5, 5.41) is 0. The molecule has 1 fully saturated rings. The van der Waals surface area contributed by atoms with Gasteiger partial charge in [-0.15, -0.1) is 0 Å². The van der Waals surface area contributed by atoms with Crippen molar-refractivity contribution in [1.82, 2.24) is 4.90 Å². The third-order valence-corrected chi connectivity index (χ3v) is 11.7. The molecule has 5 rings (SSSR count). The van der Waals surface area contributed by atoms with Crippen molar-refractivity contribution in [2.75, 3.05) is 11.4 Å². The van der Waals surface area contributed by atoms with Gasteiger partial charge in [-0.25, -0.2) is 4.90 Å². The van der Waals surface area contributed by atoms with Gasteiger partial charge < -0.3 is 9.64 Å². The molecule has 200 valence electrons. The monoisotopic (exact) mass is 780 g/mol. The van der Waals surface area contributed by atoms with E-state index >= 15 is 0 Å². The molecule has 1 saturated heterocycles. The lowest BCUT2D eigenvalue weighted by Crippen LogP contribution is -2.30. The van der Waals surface area contributed by atoms with Crippen LogP contribution in [0.25, 0.3) is 0 Å². The van der Waals surface area contributed by atoms with Crippen LogP contribution in [-0.2, 0) is 9.59 Å². The van der Waals surface area contributed by atoms with Crippen LogP contribution in [0.1, 0.15) is 51.2 Å². The first-order chi connectivity index (χ1) is 18.5. The van der Waals surface area contributed by atoms with Crippen LogP contribution in [0.2, 0.25) is 0 Å². The molecule has 2 aliphatic rings. The Labute approximate surface area is 258 Å². The van der Waals surface area contributed by atoms with Crippen LogP contribution >= 0.6 is 63.7 Å². The maximum Gasteiger partial charge on any atom is 0.316 e. The molecule has 0 spiro atoms. The lowest BCUT2D eigenvalue weighted by atomic mass is 10.1. The van der Waals surface area contributed by atoms with Crippen LogP contribution in [0.15, 0.2) is 66.4 Å². The summed E-state index contributed by atoms with van der Waals surface area (Å²) in [4.78, 5) is 55.2. The van der Waals surface area contributed by atoms with Crippen molar-refractivity contribution in [1.29, 1.82) is 0 Å². The number of aryl methyl sites for hydroxylation is 1. The molecule has 0 saturated carbocycles. The molecule has 7 nitrogen and oxygen atoms in total. The molecule has 2 heterocycles. The number of rotatable bonds is 5. The molecule has 0 N–H and O–H groups in total. The molecule has 3 amide bonds. The van der Waals surface area contributed by atoms with Gasteiger partial charge in [0.1, 0.15) is 5.75 Å². The standard InChI is InChI=1S/C28H20Br4N2O5/c1-13-10-17(39-28(38)16-11-19(35)33(12-16)14(2)15-6-4-3-5-7-15)8-9-18(13)34-26(36)20-21(27(34)37)23(30)25(32)24(31)22(20)29/h3-10,14,16H,11-12H2,1-2H3/t14-,16-/m1/s1. The maximum absolute atomic E-state index is 13.3. The number of anilines is 1. The van der Waals surface area contributed by atoms with Crippen molar-refractivity contribution in [3.05, 3.63) is 88.7 Å². The fourth-order valence-electron chi connectivity index (χ4n) is 4.89. The summed E-state index contributed by atoms with van der Waals surface area (Å²) in [6, 6.07) is 14.2. The van der Waals surface area contributed by atoms with Crippen LogP contribution in [0, 0.1) is 12.8 Å². The Bertz CT molecular complexity index is 1510. The Kier molecular flexibility index (Phi) is 7.89. The second-order valence-corrected chi connectivity index (χ2v) is 12.5. The number of hydrogen-bond acceptors (Lipinski definition) is 5. The van der Waals surface area contributed by atoms with E-state index in [0.29, 0.717) is 29.1 Å². The van der Waals surface area contributed by atoms with E-state index in [9.17, 15) is 19.2 Å². The second kappa shape index (κ2) is 10.9. The Balaban J connectivity index is 1.33. The molecule has 2 aliphatic heterocycles. The number of carbonyl (C=O) groups is 4. The van der Waals surface area contributed by atoms with Crippen molar-refractivity contribution in [3.8, 4) is 5.75 Å². The van der Waals surface area contributed by atoms with Crippen molar-refractivity contribution in [3.63, 3.8) is 0 Å². The van der Waals surface area contributed by atoms with Gasteiger partial charge in [0.25, 0.3) is 11.8 Å². The molecule has 0 aliphatic carbocycles. The molecule has 3 aromatic rings. The average Bonchev–Trinajstić information content (AvgIpc) is 3.43. The Morgan fingerprint density at radius 1 is 0.897 bits per heavy atom. The number of fused-ring (bicyclic) bond motifs is 1. The smallest absolute Gasteiger partial charge is 0.316 e. The van der Waals surface area contributed by atoms with E-state index in [1.54, 1.807) is 30.0 Å². The van der Waals surface area contributed by atoms with Gasteiger partial charge in [0.2, 0.25) is 5.91 Å². The molecule has 11 heteroatoms. The number of esters is 1. The van der Waals surface area contributed by atoms with Gasteiger partial charge in [0, 0.05) is 30.9 Å². The molecular weight excluding hydrogens is 764 g/mol. The minimum atomic E-state index is -0.591. The summed E-state index contributed by atoms with van der Waals surface area (Å²) in [5.74, 6) is -1.86. The fourth-order valence-corrected chi connectivity index (χ4v) is 7.34. The number of ether oxygens (including phenoxy) is 1. The molecule has 0 radical (unpaired) electrons. The predicted octanol–water partition coefficient (Wildman–Crippen LogP) is 7.36. The largest absolute Gasteiger partial charge is 0.426 e. The maximum atomic E-state index is 13.3. The van der Waals surface area contributed by atoms with Crippen molar-refractivity contribution in [2.45, 2.75) is 26.3 Å². The summed E-state index contributed by atoms with van der Waals surface area (Å²) in [6.45, 7) is 3.94. The van der Waals surface area contributed by atoms with E-state index in [2.05, 4.69) is 63.7 Å². The number of imide groups is 1. The molecule has 39 heavy (non-hydrogen) atoms. The third kappa shape index (κ3) is 4.92. The van der Waals surface area contributed by atoms with Crippen LogP contribution in [0.5, 0.6) is 5.75 Å². The first-order valence-electron chi connectivity index (χ1n) is 11.9. The van der Waals surface area contributed by atoms with Crippen molar-refractivity contribution < 1.29 is 23.9 Å². The lowest BCUT2D eigenvalue weighted by Gasteiger charge is -2.25. The Hall–Kier alpha value is -2.34.